The zero-order valence-electron chi connectivity index (χ0n) is 11.7. The lowest BCUT2D eigenvalue weighted by molar-refractivity contribution is -0.119. The summed E-state index contributed by atoms with van der Waals surface area (Å²) in [5, 5.41) is 3.10. The van der Waals surface area contributed by atoms with Crippen molar-refractivity contribution < 1.29 is 14.3 Å². The molecule has 0 saturated carbocycles. The Labute approximate surface area is 121 Å². The minimum Gasteiger partial charge on any atom is -0.462 e. The molecule has 0 fully saturated rings. The van der Waals surface area contributed by atoms with Gasteiger partial charge in [0.1, 0.15) is 11.4 Å². The third kappa shape index (κ3) is 5.04. The lowest BCUT2D eigenvalue weighted by Gasteiger charge is -2.08. The number of carbonyl (C=O) groups excluding carboxylic acids is 2. The van der Waals surface area contributed by atoms with Gasteiger partial charge >= 0.3 is 5.97 Å². The number of hydrogen-bond acceptors (Lipinski definition) is 7. The first kappa shape index (κ1) is 16.2. The van der Waals surface area contributed by atoms with Crippen LogP contribution >= 0.6 is 11.8 Å². The number of aromatic nitrogens is 2. The van der Waals surface area contributed by atoms with Gasteiger partial charge in [-0.25, -0.2) is 14.8 Å². The number of rotatable bonds is 6. The van der Waals surface area contributed by atoms with Gasteiger partial charge in [0.15, 0.2) is 5.16 Å². The molecule has 0 aliphatic rings. The van der Waals surface area contributed by atoms with Crippen LogP contribution in [-0.2, 0) is 9.53 Å². The standard InChI is InChI=1S/C12H18N4O3S/c1-4-19-11(18)8-5-14-12(16-10(8)13)20-6-9(17)15-7(2)3/h5,7H,4,6H2,1-3H3,(H,15,17)(H2,13,14,16). The molecule has 0 atom stereocenters. The first-order chi connectivity index (χ1) is 9.43. The fraction of sp³-hybridized carbons (Fsp3) is 0.500. The van der Waals surface area contributed by atoms with Gasteiger partial charge in [-0.05, 0) is 20.8 Å². The Morgan fingerprint density at radius 2 is 2.20 bits per heavy atom. The number of nitrogens with one attached hydrogen (secondary N) is 1. The highest BCUT2D eigenvalue weighted by molar-refractivity contribution is 7.99. The predicted molar refractivity (Wildman–Crippen MR) is 76.4 cm³/mol. The number of nitrogens with two attached hydrogens (primary N) is 1. The molecule has 0 spiro atoms. The van der Waals surface area contributed by atoms with Crippen LogP contribution < -0.4 is 11.1 Å². The van der Waals surface area contributed by atoms with Crippen molar-refractivity contribution in [2.45, 2.75) is 32.0 Å². The van der Waals surface area contributed by atoms with Crippen LogP contribution in [0, 0.1) is 0 Å². The van der Waals surface area contributed by atoms with E-state index in [1.165, 1.54) is 6.20 Å². The second-order valence-corrected chi connectivity index (χ2v) is 5.13. The first-order valence-corrected chi connectivity index (χ1v) is 7.14. The van der Waals surface area contributed by atoms with Gasteiger partial charge in [-0.3, -0.25) is 4.79 Å². The van der Waals surface area contributed by atoms with E-state index in [0.29, 0.717) is 5.16 Å². The van der Waals surface area contributed by atoms with E-state index in [1.807, 2.05) is 13.8 Å². The molecule has 7 nitrogen and oxygen atoms in total. The molecule has 1 heterocycles. The summed E-state index contributed by atoms with van der Waals surface area (Å²) in [7, 11) is 0. The van der Waals surface area contributed by atoms with Crippen molar-refractivity contribution in [3.63, 3.8) is 0 Å². The Hall–Kier alpha value is -1.83. The normalized spacial score (nSPS) is 10.4. The SMILES string of the molecule is CCOC(=O)c1cnc(SCC(=O)NC(C)C)nc1N. The fourth-order valence-corrected chi connectivity index (χ4v) is 1.94. The molecule has 0 aliphatic heterocycles. The molecule has 3 N–H and O–H groups in total. The van der Waals surface area contributed by atoms with Crippen LogP contribution in [-0.4, -0.2) is 40.2 Å². The maximum absolute atomic E-state index is 11.5. The van der Waals surface area contributed by atoms with Crippen molar-refractivity contribution >= 4 is 29.5 Å². The zero-order chi connectivity index (χ0) is 15.1. The van der Waals surface area contributed by atoms with E-state index in [0.717, 1.165) is 11.8 Å². The maximum atomic E-state index is 11.5. The van der Waals surface area contributed by atoms with Gasteiger partial charge in [-0.1, -0.05) is 11.8 Å². The molecular weight excluding hydrogens is 280 g/mol. The second kappa shape index (κ2) is 7.68. The summed E-state index contributed by atoms with van der Waals surface area (Å²) in [6.45, 7) is 5.72. The van der Waals surface area contributed by atoms with Gasteiger partial charge < -0.3 is 15.8 Å². The third-order valence-electron chi connectivity index (χ3n) is 2.07. The van der Waals surface area contributed by atoms with Gasteiger partial charge in [-0.15, -0.1) is 0 Å². The van der Waals surface area contributed by atoms with Crippen LogP contribution in [0.4, 0.5) is 5.82 Å². The minimum absolute atomic E-state index is 0.0465. The lowest BCUT2D eigenvalue weighted by atomic mass is 10.3. The molecule has 1 rings (SSSR count). The van der Waals surface area contributed by atoms with E-state index in [4.69, 9.17) is 10.5 Å². The summed E-state index contributed by atoms with van der Waals surface area (Å²) in [5.41, 5.74) is 5.80. The van der Waals surface area contributed by atoms with Gasteiger partial charge in [-0.2, -0.15) is 0 Å². The van der Waals surface area contributed by atoms with E-state index in [-0.39, 0.29) is 35.7 Å². The largest absolute Gasteiger partial charge is 0.462 e. The number of thioether (sulfide) groups is 1. The quantitative estimate of drug-likeness (QED) is 0.455. The average molecular weight is 298 g/mol. The van der Waals surface area contributed by atoms with E-state index in [2.05, 4.69) is 15.3 Å². The van der Waals surface area contributed by atoms with E-state index < -0.39 is 5.97 Å². The summed E-state index contributed by atoms with van der Waals surface area (Å²) in [6.07, 6.45) is 1.31. The fourth-order valence-electron chi connectivity index (χ4n) is 1.31. The first-order valence-electron chi connectivity index (χ1n) is 6.15. The molecule has 1 aromatic rings. The summed E-state index contributed by atoms with van der Waals surface area (Å²) < 4.78 is 4.82. The smallest absolute Gasteiger partial charge is 0.343 e. The van der Waals surface area contributed by atoms with Crippen molar-refractivity contribution in [2.24, 2.45) is 0 Å². The minimum atomic E-state index is -0.556. The highest BCUT2D eigenvalue weighted by atomic mass is 32.2. The van der Waals surface area contributed by atoms with Crippen LogP contribution in [0.5, 0.6) is 0 Å². The molecule has 0 aromatic carbocycles. The molecule has 0 aliphatic carbocycles. The van der Waals surface area contributed by atoms with Crippen molar-refractivity contribution in [3.05, 3.63) is 11.8 Å². The monoisotopic (exact) mass is 298 g/mol. The molecule has 0 radical (unpaired) electrons. The highest BCUT2D eigenvalue weighted by Crippen LogP contribution is 2.16. The van der Waals surface area contributed by atoms with E-state index in [9.17, 15) is 9.59 Å². The predicted octanol–water partition coefficient (Wildman–Crippen LogP) is 0.852. The number of nitrogens with zero attached hydrogens (tertiary/aromatic N) is 2. The Kier molecular flexibility index (Phi) is 6.23. The highest BCUT2D eigenvalue weighted by Gasteiger charge is 2.14. The third-order valence-corrected chi connectivity index (χ3v) is 2.93. The molecule has 1 aromatic heterocycles. The molecule has 0 bridgehead atoms. The number of hydrogen-bond donors (Lipinski definition) is 2. The number of anilines is 1. The maximum Gasteiger partial charge on any atom is 0.343 e. The Morgan fingerprint density at radius 3 is 2.75 bits per heavy atom. The Balaban J connectivity index is 2.64. The lowest BCUT2D eigenvalue weighted by Crippen LogP contribution is -2.31. The van der Waals surface area contributed by atoms with Crippen LogP contribution in [0.25, 0.3) is 0 Å². The molecule has 20 heavy (non-hydrogen) atoms. The van der Waals surface area contributed by atoms with Gasteiger partial charge in [0.05, 0.1) is 12.4 Å². The Bertz CT molecular complexity index is 494. The van der Waals surface area contributed by atoms with Crippen LogP contribution in [0.15, 0.2) is 11.4 Å². The number of carbonyl (C=O) groups is 2. The van der Waals surface area contributed by atoms with Crippen molar-refractivity contribution in [1.82, 2.24) is 15.3 Å². The van der Waals surface area contributed by atoms with Gasteiger partial charge in [0, 0.05) is 12.2 Å². The van der Waals surface area contributed by atoms with Crippen LogP contribution in [0.3, 0.4) is 0 Å². The van der Waals surface area contributed by atoms with Crippen molar-refractivity contribution in [2.75, 3.05) is 18.1 Å². The average Bonchev–Trinajstić information content (AvgIpc) is 2.35. The molecule has 8 heteroatoms. The Morgan fingerprint density at radius 1 is 1.50 bits per heavy atom. The summed E-state index contributed by atoms with van der Waals surface area (Å²) >= 11 is 1.15. The molecule has 110 valence electrons. The van der Waals surface area contributed by atoms with E-state index >= 15 is 0 Å². The summed E-state index contributed by atoms with van der Waals surface area (Å²) in [4.78, 5) is 31.0. The van der Waals surface area contributed by atoms with Crippen molar-refractivity contribution in [3.8, 4) is 0 Å². The number of nitrogen functional groups attached to an aromatic ring is 1. The zero-order valence-corrected chi connectivity index (χ0v) is 12.5. The van der Waals surface area contributed by atoms with Crippen molar-refractivity contribution in [1.29, 1.82) is 0 Å². The molecule has 0 unspecified atom stereocenters. The molecule has 0 saturated heterocycles. The summed E-state index contributed by atoms with van der Waals surface area (Å²) in [6, 6.07) is 0.0836. The van der Waals surface area contributed by atoms with Crippen LogP contribution in [0.2, 0.25) is 0 Å². The van der Waals surface area contributed by atoms with Gasteiger partial charge in [0.25, 0.3) is 0 Å². The number of amides is 1. The second-order valence-electron chi connectivity index (χ2n) is 4.18. The topological polar surface area (TPSA) is 107 Å². The molecule has 1 amide bonds. The number of esters is 1. The van der Waals surface area contributed by atoms with E-state index in [1.54, 1.807) is 6.92 Å². The number of ether oxygens (including phenoxy) is 1. The molecular formula is C12H18N4O3S. The van der Waals surface area contributed by atoms with Gasteiger partial charge in [0.2, 0.25) is 5.91 Å². The summed E-state index contributed by atoms with van der Waals surface area (Å²) in [5.74, 6) is -0.429. The van der Waals surface area contributed by atoms with Crippen LogP contribution in [0.1, 0.15) is 31.1 Å².